The average Bonchev–Trinajstić information content (AvgIpc) is 3.30. The number of fused-ring (bicyclic) bond motifs is 1. The lowest BCUT2D eigenvalue weighted by Gasteiger charge is -2.02. The number of thioether (sulfide) groups is 1. The monoisotopic (exact) mass is 419 g/mol. The van der Waals surface area contributed by atoms with E-state index in [1.807, 2.05) is 0 Å². The lowest BCUT2D eigenvalue weighted by atomic mass is 10.2. The summed E-state index contributed by atoms with van der Waals surface area (Å²) in [6, 6.07) is 8.18. The van der Waals surface area contributed by atoms with Crippen molar-refractivity contribution >= 4 is 51.5 Å². The number of hydrogen-bond acceptors (Lipinski definition) is 8. The van der Waals surface area contributed by atoms with Crippen molar-refractivity contribution in [2.45, 2.75) is 10.1 Å². The largest absolute Gasteiger partial charge is 0.296 e. The number of nitrogens with one attached hydrogen (secondary N) is 2. The molecule has 0 aliphatic heterocycles. The molecule has 0 bridgehead atoms. The van der Waals surface area contributed by atoms with Crippen molar-refractivity contribution in [2.75, 3.05) is 5.32 Å². The maximum absolute atomic E-state index is 12.2. The number of nitrogens with zero attached hydrogens (tertiary/aromatic N) is 5. The molecular weight excluding hydrogens is 410 g/mol. The number of H-pyrrole nitrogens is 1. The van der Waals surface area contributed by atoms with E-state index in [2.05, 4.69) is 30.6 Å². The van der Waals surface area contributed by atoms with Gasteiger partial charge >= 0.3 is 0 Å². The number of carbonyl (C=O) groups excluding carboxylic acids is 1. The van der Waals surface area contributed by atoms with Crippen molar-refractivity contribution in [1.82, 2.24) is 29.8 Å². The summed E-state index contributed by atoms with van der Waals surface area (Å²) < 4.78 is 1.88. The summed E-state index contributed by atoms with van der Waals surface area (Å²) in [4.78, 5) is 32.4. The van der Waals surface area contributed by atoms with E-state index in [1.54, 1.807) is 24.3 Å². The number of hydrogen-bond donors (Lipinski definition) is 2. The molecule has 27 heavy (non-hydrogen) atoms. The Hall–Kier alpha value is -2.76. The third-order valence-corrected chi connectivity index (χ3v) is 5.75. The summed E-state index contributed by atoms with van der Waals surface area (Å²) in [5.74, 6) is 0.376. The van der Waals surface area contributed by atoms with Crippen LogP contribution >= 0.6 is 34.7 Å². The Kier molecular flexibility index (Phi) is 4.88. The molecule has 0 saturated heterocycles. The molecule has 3 heterocycles. The summed E-state index contributed by atoms with van der Waals surface area (Å²) in [7, 11) is 0. The quantitative estimate of drug-likeness (QED) is 0.376. The lowest BCUT2D eigenvalue weighted by Crippen LogP contribution is -2.15. The molecule has 1 aromatic carbocycles. The Morgan fingerprint density at radius 3 is 3.04 bits per heavy atom. The van der Waals surface area contributed by atoms with Gasteiger partial charge in [-0.25, -0.2) is 9.97 Å². The lowest BCUT2D eigenvalue weighted by molar-refractivity contribution is 0.102. The second kappa shape index (κ2) is 7.47. The highest BCUT2D eigenvalue weighted by molar-refractivity contribution is 8.00. The molecule has 4 aromatic rings. The standard InChI is InChI=1S/C15H10ClN7O2S2/c16-10-4-2-1-3-9(10)12(25)20-14-21-22-15(27-14)26-6-8-5-11(24)23-13(19-8)17-7-18-23/h1-5,7H,6H2,(H,17,18,19)(H,20,21,25). The van der Waals surface area contributed by atoms with Gasteiger partial charge in [0.25, 0.3) is 17.2 Å². The van der Waals surface area contributed by atoms with E-state index in [4.69, 9.17) is 11.6 Å². The van der Waals surface area contributed by atoms with Gasteiger partial charge < -0.3 is 0 Å². The van der Waals surface area contributed by atoms with Crippen molar-refractivity contribution in [3.63, 3.8) is 0 Å². The second-order valence-corrected chi connectivity index (χ2v) is 7.81. The predicted octanol–water partition coefficient (Wildman–Crippen LogP) is 2.47. The van der Waals surface area contributed by atoms with Crippen LogP contribution in [0.3, 0.4) is 0 Å². The van der Waals surface area contributed by atoms with E-state index in [0.717, 1.165) is 0 Å². The molecule has 0 saturated carbocycles. The van der Waals surface area contributed by atoms with Crippen molar-refractivity contribution in [3.05, 3.63) is 63.3 Å². The molecule has 0 atom stereocenters. The number of anilines is 1. The van der Waals surface area contributed by atoms with Gasteiger partial charge in [0, 0.05) is 11.8 Å². The average molecular weight is 420 g/mol. The topological polar surface area (TPSA) is 118 Å². The molecule has 0 fully saturated rings. The molecule has 1 amide bonds. The Morgan fingerprint density at radius 2 is 2.19 bits per heavy atom. The Bertz CT molecular complexity index is 1190. The molecular formula is C15H10ClN7O2S2. The van der Waals surface area contributed by atoms with E-state index in [-0.39, 0.29) is 11.5 Å². The van der Waals surface area contributed by atoms with Crippen LogP contribution in [-0.4, -0.2) is 35.7 Å². The zero-order valence-corrected chi connectivity index (χ0v) is 15.8. The summed E-state index contributed by atoms with van der Waals surface area (Å²) in [6.07, 6.45) is 1.40. The molecule has 0 unspecified atom stereocenters. The van der Waals surface area contributed by atoms with Gasteiger partial charge in [-0.15, -0.1) is 10.2 Å². The van der Waals surface area contributed by atoms with Gasteiger partial charge in [0.1, 0.15) is 6.33 Å². The molecule has 2 N–H and O–H groups in total. The van der Waals surface area contributed by atoms with Gasteiger partial charge in [0.05, 0.1) is 16.3 Å². The van der Waals surface area contributed by atoms with Crippen molar-refractivity contribution < 1.29 is 4.79 Å². The normalized spacial score (nSPS) is 11.0. The van der Waals surface area contributed by atoms with Crippen molar-refractivity contribution in [3.8, 4) is 0 Å². The van der Waals surface area contributed by atoms with Crippen LogP contribution in [0, 0.1) is 0 Å². The molecule has 12 heteroatoms. The molecule has 9 nitrogen and oxygen atoms in total. The first-order chi connectivity index (χ1) is 13.1. The first-order valence-corrected chi connectivity index (χ1v) is 9.72. The maximum atomic E-state index is 12.2. The van der Waals surface area contributed by atoms with Crippen LogP contribution in [0.4, 0.5) is 5.13 Å². The number of amides is 1. The van der Waals surface area contributed by atoms with Gasteiger partial charge in [-0.1, -0.05) is 46.8 Å². The molecule has 4 rings (SSSR count). The van der Waals surface area contributed by atoms with Gasteiger partial charge in [0.2, 0.25) is 5.13 Å². The third kappa shape index (κ3) is 3.84. The van der Waals surface area contributed by atoms with Crippen LogP contribution in [0.1, 0.15) is 16.1 Å². The summed E-state index contributed by atoms with van der Waals surface area (Å²) in [6.45, 7) is 0. The highest BCUT2D eigenvalue weighted by atomic mass is 35.5. The Labute approximate surface area is 164 Å². The number of benzene rings is 1. The third-order valence-electron chi connectivity index (χ3n) is 3.41. The van der Waals surface area contributed by atoms with E-state index >= 15 is 0 Å². The SMILES string of the molecule is O=C(Nc1nnc(SCc2cc(=O)n3[nH]cnc3n2)s1)c1ccccc1Cl. The van der Waals surface area contributed by atoms with Crippen LogP contribution in [-0.2, 0) is 5.75 Å². The first-order valence-electron chi connectivity index (χ1n) is 7.54. The van der Waals surface area contributed by atoms with Gasteiger partial charge in [-0.05, 0) is 12.1 Å². The van der Waals surface area contributed by atoms with Crippen LogP contribution < -0.4 is 10.9 Å². The minimum Gasteiger partial charge on any atom is -0.296 e. The number of aromatic amines is 1. The van der Waals surface area contributed by atoms with E-state index in [9.17, 15) is 9.59 Å². The van der Waals surface area contributed by atoms with E-state index in [1.165, 1.54) is 40.0 Å². The summed E-state index contributed by atoms with van der Waals surface area (Å²) >= 11 is 8.60. The highest BCUT2D eigenvalue weighted by Gasteiger charge is 2.13. The molecule has 0 radical (unpaired) electrons. The highest BCUT2D eigenvalue weighted by Crippen LogP contribution is 2.28. The van der Waals surface area contributed by atoms with E-state index < -0.39 is 0 Å². The van der Waals surface area contributed by atoms with Crippen LogP contribution in [0.5, 0.6) is 0 Å². The smallest absolute Gasteiger partial charge is 0.274 e. The maximum Gasteiger partial charge on any atom is 0.274 e. The molecule has 136 valence electrons. The zero-order chi connectivity index (χ0) is 18.8. The fourth-order valence-electron chi connectivity index (χ4n) is 2.21. The number of rotatable bonds is 5. The number of halogens is 1. The predicted molar refractivity (Wildman–Crippen MR) is 102 cm³/mol. The second-order valence-electron chi connectivity index (χ2n) is 5.20. The van der Waals surface area contributed by atoms with Crippen LogP contribution in [0.25, 0.3) is 5.78 Å². The first kappa shape index (κ1) is 17.6. The number of carbonyl (C=O) groups is 1. The minimum absolute atomic E-state index is 0.238. The Balaban J connectivity index is 1.42. The van der Waals surface area contributed by atoms with Gasteiger partial charge in [-0.2, -0.15) is 4.52 Å². The van der Waals surface area contributed by atoms with Crippen LogP contribution in [0.2, 0.25) is 5.02 Å². The van der Waals surface area contributed by atoms with E-state index in [0.29, 0.717) is 37.3 Å². The van der Waals surface area contributed by atoms with Gasteiger partial charge in [-0.3, -0.25) is 20.0 Å². The molecule has 0 aliphatic rings. The molecule has 3 aromatic heterocycles. The minimum atomic E-state index is -0.355. The zero-order valence-electron chi connectivity index (χ0n) is 13.4. The Morgan fingerprint density at radius 1 is 1.33 bits per heavy atom. The fourth-order valence-corrected chi connectivity index (χ4v) is 4.07. The fraction of sp³-hybridized carbons (Fsp3) is 0.0667. The molecule has 0 spiro atoms. The number of aromatic nitrogens is 6. The molecule has 0 aliphatic carbocycles. The van der Waals surface area contributed by atoms with Gasteiger partial charge in [0.15, 0.2) is 4.34 Å². The summed E-state index contributed by atoms with van der Waals surface area (Å²) in [5, 5.41) is 14.1. The van der Waals surface area contributed by atoms with Crippen LogP contribution in [0.15, 0.2) is 45.8 Å². The van der Waals surface area contributed by atoms with Crippen molar-refractivity contribution in [1.29, 1.82) is 0 Å². The van der Waals surface area contributed by atoms with Crippen molar-refractivity contribution in [2.24, 2.45) is 0 Å². The summed E-state index contributed by atoms with van der Waals surface area (Å²) in [5.41, 5.74) is 0.701.